The molecule has 1 rings (SSSR count). The van der Waals surface area contributed by atoms with Crippen LogP contribution in [-0.4, -0.2) is 37.5 Å². The van der Waals surface area contributed by atoms with E-state index < -0.39 is 33.4 Å². The Balaban J connectivity index is 2.97. The maximum absolute atomic E-state index is 13.4. The molecule has 0 fully saturated rings. The molecule has 0 saturated carbocycles. The van der Waals surface area contributed by atoms with E-state index >= 15 is 0 Å². The van der Waals surface area contributed by atoms with Crippen molar-refractivity contribution in [1.29, 1.82) is 0 Å². The summed E-state index contributed by atoms with van der Waals surface area (Å²) in [6.07, 6.45) is 0.958. The number of hydrogen-bond acceptors (Lipinski definition) is 4. The lowest BCUT2D eigenvalue weighted by Gasteiger charge is -2.10. The van der Waals surface area contributed by atoms with Crippen LogP contribution in [0.15, 0.2) is 18.2 Å². The van der Waals surface area contributed by atoms with Gasteiger partial charge >= 0.3 is 0 Å². The van der Waals surface area contributed by atoms with E-state index in [1.165, 1.54) is 19.1 Å². The molecule has 0 saturated heterocycles. The fourth-order valence-electron chi connectivity index (χ4n) is 1.27. The van der Waals surface area contributed by atoms with Crippen LogP contribution in [0.5, 0.6) is 0 Å². The summed E-state index contributed by atoms with van der Waals surface area (Å²) in [7, 11) is -3.50. The monoisotopic (exact) mass is 299 g/mol. The average molecular weight is 299 g/mol. The smallest absolute Gasteiger partial charge is 0.242 e. The van der Waals surface area contributed by atoms with Crippen molar-refractivity contribution < 1.29 is 22.7 Å². The van der Waals surface area contributed by atoms with E-state index in [9.17, 15) is 17.6 Å². The van der Waals surface area contributed by atoms with Gasteiger partial charge in [-0.25, -0.2) is 12.8 Å². The Kier molecular flexibility index (Phi) is 5.25. The molecule has 5 nitrogen and oxygen atoms in total. The van der Waals surface area contributed by atoms with Gasteiger partial charge in [0.15, 0.2) is 9.84 Å². The Bertz CT molecular complexity index is 673. The summed E-state index contributed by atoms with van der Waals surface area (Å²) in [6, 6.07) is 3.67. The molecule has 1 aromatic rings. The topological polar surface area (TPSA) is 83.5 Å². The van der Waals surface area contributed by atoms with Crippen LogP contribution in [-0.2, 0) is 14.6 Å². The lowest BCUT2D eigenvalue weighted by Crippen LogP contribution is -2.31. The van der Waals surface area contributed by atoms with Gasteiger partial charge in [0.25, 0.3) is 0 Å². The summed E-state index contributed by atoms with van der Waals surface area (Å²) < 4.78 is 35.9. The predicted molar refractivity (Wildman–Crippen MR) is 73.3 cm³/mol. The van der Waals surface area contributed by atoms with E-state index in [-0.39, 0.29) is 11.3 Å². The van der Waals surface area contributed by atoms with E-state index in [4.69, 9.17) is 5.11 Å². The highest BCUT2D eigenvalue weighted by Gasteiger charge is 2.23. The molecule has 1 amide bonds. The molecule has 0 aliphatic carbocycles. The molecule has 0 aromatic heterocycles. The third-order valence-electron chi connectivity index (χ3n) is 2.55. The van der Waals surface area contributed by atoms with Gasteiger partial charge in [0, 0.05) is 11.9 Å². The summed E-state index contributed by atoms with van der Waals surface area (Å²) in [4.78, 5) is 11.7. The number of aliphatic hydroxyl groups is 1. The maximum Gasteiger partial charge on any atom is 0.242 e. The summed E-state index contributed by atoms with van der Waals surface area (Å²) in [5.74, 6) is 3.38. The molecule has 1 aromatic carbocycles. The summed E-state index contributed by atoms with van der Waals surface area (Å²) in [6.45, 7) is 0.849. The molecular formula is C13H14FNO4S. The summed E-state index contributed by atoms with van der Waals surface area (Å²) >= 11 is 0. The average Bonchev–Trinajstić information content (AvgIpc) is 2.37. The van der Waals surface area contributed by atoms with Crippen LogP contribution in [0, 0.1) is 17.7 Å². The Labute approximate surface area is 116 Å². The minimum Gasteiger partial charge on any atom is -0.384 e. The third kappa shape index (κ3) is 4.33. The van der Waals surface area contributed by atoms with Gasteiger partial charge < -0.3 is 10.4 Å². The molecule has 20 heavy (non-hydrogen) atoms. The number of nitrogens with one attached hydrogen (secondary N) is 1. The number of carbonyl (C=O) groups excluding carboxylic acids is 1. The van der Waals surface area contributed by atoms with Gasteiger partial charge in [-0.1, -0.05) is 11.8 Å². The Morgan fingerprint density at radius 3 is 2.70 bits per heavy atom. The minimum atomic E-state index is -3.50. The first-order chi connectivity index (χ1) is 9.25. The van der Waals surface area contributed by atoms with Crippen molar-refractivity contribution in [3.63, 3.8) is 0 Å². The van der Waals surface area contributed by atoms with E-state index in [1.54, 1.807) is 0 Å². The molecule has 0 spiro atoms. The minimum absolute atomic E-state index is 0.00357. The van der Waals surface area contributed by atoms with Gasteiger partial charge in [0.2, 0.25) is 5.91 Å². The Morgan fingerprint density at radius 2 is 2.15 bits per heavy atom. The van der Waals surface area contributed by atoms with Crippen LogP contribution < -0.4 is 5.32 Å². The highest BCUT2D eigenvalue weighted by molar-refractivity contribution is 7.92. The second kappa shape index (κ2) is 6.50. The van der Waals surface area contributed by atoms with Crippen molar-refractivity contribution >= 4 is 21.4 Å². The summed E-state index contributed by atoms with van der Waals surface area (Å²) in [5, 5.41) is 9.73. The molecule has 0 bridgehead atoms. The van der Waals surface area contributed by atoms with Crippen LogP contribution in [0.2, 0.25) is 0 Å². The normalized spacial score (nSPS) is 12.2. The van der Waals surface area contributed by atoms with Gasteiger partial charge in [-0.2, -0.15) is 0 Å². The highest BCUT2D eigenvalue weighted by atomic mass is 32.2. The fraction of sp³-hybridized carbons (Fsp3) is 0.308. The van der Waals surface area contributed by atoms with Gasteiger partial charge in [-0.05, 0) is 25.1 Å². The van der Waals surface area contributed by atoms with E-state index in [2.05, 4.69) is 17.2 Å². The van der Waals surface area contributed by atoms with Crippen molar-refractivity contribution in [3.05, 3.63) is 29.6 Å². The van der Waals surface area contributed by atoms with E-state index in [1.807, 2.05) is 0 Å². The molecule has 0 radical (unpaired) electrons. The number of anilines is 1. The van der Waals surface area contributed by atoms with Gasteiger partial charge in [-0.3, -0.25) is 4.79 Å². The van der Waals surface area contributed by atoms with Gasteiger partial charge in [-0.15, -0.1) is 0 Å². The fourth-order valence-corrected chi connectivity index (χ4v) is 1.72. The highest BCUT2D eigenvalue weighted by Crippen LogP contribution is 2.15. The zero-order valence-corrected chi connectivity index (χ0v) is 11.8. The van der Waals surface area contributed by atoms with Crippen molar-refractivity contribution in [2.75, 3.05) is 18.2 Å². The summed E-state index contributed by atoms with van der Waals surface area (Å²) in [5.41, 5.74) is 0.234. The van der Waals surface area contributed by atoms with E-state index in [0.29, 0.717) is 0 Å². The Hall–Kier alpha value is -1.91. The quantitative estimate of drug-likeness (QED) is 0.798. The van der Waals surface area contributed by atoms with Gasteiger partial charge in [0.05, 0.1) is 5.56 Å². The van der Waals surface area contributed by atoms with Crippen LogP contribution in [0.25, 0.3) is 0 Å². The lowest BCUT2D eigenvalue weighted by molar-refractivity contribution is -0.115. The molecule has 108 valence electrons. The number of benzene rings is 1. The molecule has 0 heterocycles. The van der Waals surface area contributed by atoms with Crippen molar-refractivity contribution in [3.8, 4) is 11.8 Å². The molecule has 0 aliphatic heterocycles. The molecular weight excluding hydrogens is 285 g/mol. The van der Waals surface area contributed by atoms with Crippen molar-refractivity contribution in [1.82, 2.24) is 0 Å². The number of rotatable bonds is 3. The van der Waals surface area contributed by atoms with Crippen molar-refractivity contribution in [2.24, 2.45) is 0 Å². The number of amides is 1. The molecule has 1 unspecified atom stereocenters. The lowest BCUT2D eigenvalue weighted by atomic mass is 10.2. The van der Waals surface area contributed by atoms with Gasteiger partial charge in [0.1, 0.15) is 17.7 Å². The largest absolute Gasteiger partial charge is 0.384 e. The first kappa shape index (κ1) is 16.1. The molecule has 1 atom stereocenters. The number of halogens is 1. The zero-order valence-electron chi connectivity index (χ0n) is 11.0. The Morgan fingerprint density at radius 1 is 1.50 bits per heavy atom. The standard InChI is InChI=1S/C13H14FNO4S/c1-9(20(2,18)19)13(17)15-11-5-6-12(14)10(8-11)4-3-7-16/h5-6,8-9,16H,7H2,1-2H3,(H,15,17). The van der Waals surface area contributed by atoms with Crippen LogP contribution in [0.1, 0.15) is 12.5 Å². The number of carbonyl (C=O) groups is 1. The van der Waals surface area contributed by atoms with Crippen LogP contribution in [0.3, 0.4) is 0 Å². The first-order valence-corrected chi connectivity index (χ1v) is 7.60. The number of sulfone groups is 1. The second-order valence-corrected chi connectivity index (χ2v) is 6.48. The molecule has 7 heteroatoms. The molecule has 2 N–H and O–H groups in total. The second-order valence-electron chi connectivity index (χ2n) is 4.12. The number of hydrogen-bond donors (Lipinski definition) is 2. The van der Waals surface area contributed by atoms with Crippen molar-refractivity contribution in [2.45, 2.75) is 12.2 Å². The van der Waals surface area contributed by atoms with Crippen LogP contribution >= 0.6 is 0 Å². The molecule has 0 aliphatic rings. The van der Waals surface area contributed by atoms with E-state index in [0.717, 1.165) is 12.3 Å². The zero-order chi connectivity index (χ0) is 15.3. The predicted octanol–water partition coefficient (Wildman–Crippen LogP) is 0.541. The third-order valence-corrected chi connectivity index (χ3v) is 4.05. The first-order valence-electron chi connectivity index (χ1n) is 5.64. The van der Waals surface area contributed by atoms with Crippen LogP contribution in [0.4, 0.5) is 10.1 Å². The maximum atomic E-state index is 13.4. The SMILES string of the molecule is CC(C(=O)Nc1ccc(F)c(C#CCO)c1)S(C)(=O)=O. The number of aliphatic hydroxyl groups excluding tert-OH is 1.